The van der Waals surface area contributed by atoms with Crippen LogP contribution in [-0.4, -0.2) is 34.4 Å². The molecule has 0 saturated carbocycles. The van der Waals surface area contributed by atoms with E-state index in [2.05, 4.69) is 16.9 Å². The Bertz CT molecular complexity index is 620. The van der Waals surface area contributed by atoms with Crippen LogP contribution in [0.4, 0.5) is 5.82 Å². The molecule has 1 aliphatic rings. The molecule has 1 unspecified atom stereocenters. The maximum absolute atomic E-state index is 6.13. The van der Waals surface area contributed by atoms with Crippen molar-refractivity contribution in [2.45, 2.75) is 38.8 Å². The van der Waals surface area contributed by atoms with Crippen LogP contribution < -0.4 is 10.5 Å². The number of aromatic nitrogens is 2. The number of hydrogen-bond acceptors (Lipinski definition) is 4. The average molecular weight is 300 g/mol. The number of benzene rings is 1. The molecule has 1 atom stereocenters. The van der Waals surface area contributed by atoms with Gasteiger partial charge in [0.2, 0.25) is 0 Å². The van der Waals surface area contributed by atoms with Gasteiger partial charge in [0.15, 0.2) is 0 Å². The zero-order valence-corrected chi connectivity index (χ0v) is 13.3. The molecule has 1 aliphatic heterocycles. The van der Waals surface area contributed by atoms with Crippen LogP contribution in [-0.2, 0) is 6.54 Å². The van der Waals surface area contributed by atoms with Crippen LogP contribution in [0.1, 0.15) is 31.9 Å². The fourth-order valence-electron chi connectivity index (χ4n) is 3.05. The van der Waals surface area contributed by atoms with Gasteiger partial charge < -0.3 is 10.5 Å². The Morgan fingerprint density at radius 1 is 1.27 bits per heavy atom. The molecule has 0 aliphatic carbocycles. The van der Waals surface area contributed by atoms with Crippen LogP contribution in [0, 0.1) is 0 Å². The standard InChI is InChI=1S/C17H24N4O/c1-13-5-3-4-10-20(13)12-14-11-17(18)21(19-14)15-6-8-16(22-2)9-7-15/h6-9,11,13H,3-5,10,12,18H2,1-2H3. The van der Waals surface area contributed by atoms with Crippen molar-refractivity contribution >= 4 is 5.82 Å². The number of anilines is 1. The van der Waals surface area contributed by atoms with Gasteiger partial charge in [-0.2, -0.15) is 5.10 Å². The number of nitrogens with two attached hydrogens (primary N) is 1. The van der Waals surface area contributed by atoms with Gasteiger partial charge in [0.25, 0.3) is 0 Å². The van der Waals surface area contributed by atoms with Gasteiger partial charge in [0.05, 0.1) is 18.5 Å². The minimum atomic E-state index is 0.626. The van der Waals surface area contributed by atoms with E-state index < -0.39 is 0 Å². The van der Waals surface area contributed by atoms with Crippen LogP contribution in [0.2, 0.25) is 0 Å². The summed E-state index contributed by atoms with van der Waals surface area (Å²) in [4.78, 5) is 2.49. The first kappa shape index (κ1) is 14.9. The molecule has 2 N–H and O–H groups in total. The van der Waals surface area contributed by atoms with Crippen LogP contribution >= 0.6 is 0 Å². The lowest BCUT2D eigenvalue weighted by molar-refractivity contribution is 0.150. The first-order chi connectivity index (χ1) is 10.7. The van der Waals surface area contributed by atoms with E-state index >= 15 is 0 Å². The highest BCUT2D eigenvalue weighted by atomic mass is 16.5. The van der Waals surface area contributed by atoms with Crippen molar-refractivity contribution in [2.24, 2.45) is 0 Å². The van der Waals surface area contributed by atoms with Gasteiger partial charge in [-0.15, -0.1) is 0 Å². The van der Waals surface area contributed by atoms with Crippen molar-refractivity contribution in [1.82, 2.24) is 14.7 Å². The first-order valence-corrected chi connectivity index (χ1v) is 7.90. The molecule has 2 heterocycles. The molecule has 1 fully saturated rings. The van der Waals surface area contributed by atoms with Crippen molar-refractivity contribution < 1.29 is 4.74 Å². The molecule has 5 nitrogen and oxygen atoms in total. The second kappa shape index (κ2) is 6.40. The SMILES string of the molecule is COc1ccc(-n2nc(CN3CCCCC3C)cc2N)cc1. The maximum Gasteiger partial charge on any atom is 0.127 e. The Morgan fingerprint density at radius 2 is 2.05 bits per heavy atom. The van der Waals surface area contributed by atoms with Gasteiger partial charge in [0.1, 0.15) is 11.6 Å². The van der Waals surface area contributed by atoms with Gasteiger partial charge in [-0.25, -0.2) is 4.68 Å². The van der Waals surface area contributed by atoms with Crippen molar-refractivity contribution in [2.75, 3.05) is 19.4 Å². The highest BCUT2D eigenvalue weighted by molar-refractivity contribution is 5.44. The Balaban J connectivity index is 1.77. The van der Waals surface area contributed by atoms with E-state index in [9.17, 15) is 0 Å². The van der Waals surface area contributed by atoms with E-state index in [0.717, 1.165) is 30.2 Å². The Kier molecular flexibility index (Phi) is 4.34. The molecule has 1 saturated heterocycles. The topological polar surface area (TPSA) is 56.3 Å². The lowest BCUT2D eigenvalue weighted by Crippen LogP contribution is -2.36. The van der Waals surface area contributed by atoms with Crippen molar-refractivity contribution in [3.05, 3.63) is 36.0 Å². The third-order valence-corrected chi connectivity index (χ3v) is 4.41. The van der Waals surface area contributed by atoms with E-state index in [1.807, 2.05) is 30.3 Å². The third-order valence-electron chi connectivity index (χ3n) is 4.41. The molecule has 0 spiro atoms. The summed E-state index contributed by atoms with van der Waals surface area (Å²) in [5.41, 5.74) is 8.12. The Morgan fingerprint density at radius 3 is 2.73 bits per heavy atom. The van der Waals surface area contributed by atoms with Crippen molar-refractivity contribution in [1.29, 1.82) is 0 Å². The predicted octanol–water partition coefficient (Wildman–Crippen LogP) is 2.84. The number of nitrogens with zero attached hydrogens (tertiary/aromatic N) is 3. The Labute approximate surface area is 131 Å². The summed E-state index contributed by atoms with van der Waals surface area (Å²) in [7, 11) is 1.66. The molecule has 118 valence electrons. The first-order valence-electron chi connectivity index (χ1n) is 7.90. The van der Waals surface area contributed by atoms with Gasteiger partial charge in [-0.3, -0.25) is 4.90 Å². The summed E-state index contributed by atoms with van der Waals surface area (Å²) in [6, 6.07) is 10.4. The average Bonchev–Trinajstić information content (AvgIpc) is 2.90. The summed E-state index contributed by atoms with van der Waals surface area (Å²) >= 11 is 0. The third kappa shape index (κ3) is 3.09. The fraction of sp³-hybridized carbons (Fsp3) is 0.471. The molecule has 22 heavy (non-hydrogen) atoms. The lowest BCUT2D eigenvalue weighted by Gasteiger charge is -2.32. The summed E-state index contributed by atoms with van der Waals surface area (Å²) in [5.74, 6) is 1.50. The minimum Gasteiger partial charge on any atom is -0.497 e. The van der Waals surface area contributed by atoms with Gasteiger partial charge in [0, 0.05) is 18.7 Å². The summed E-state index contributed by atoms with van der Waals surface area (Å²) in [6.07, 6.45) is 3.88. The van der Waals surface area contributed by atoms with Crippen molar-refractivity contribution in [3.63, 3.8) is 0 Å². The number of piperidine rings is 1. The molecule has 0 bridgehead atoms. The van der Waals surface area contributed by atoms with Crippen LogP contribution in [0.5, 0.6) is 5.75 Å². The van der Waals surface area contributed by atoms with Crippen LogP contribution in [0.25, 0.3) is 5.69 Å². The highest BCUT2D eigenvalue weighted by Crippen LogP contribution is 2.22. The quantitative estimate of drug-likeness (QED) is 0.943. The van der Waals surface area contributed by atoms with Crippen LogP contribution in [0.3, 0.4) is 0 Å². The monoisotopic (exact) mass is 300 g/mol. The second-order valence-corrected chi connectivity index (χ2v) is 5.99. The fourth-order valence-corrected chi connectivity index (χ4v) is 3.05. The number of ether oxygens (including phenoxy) is 1. The number of likely N-dealkylation sites (tertiary alicyclic amines) is 1. The van der Waals surface area contributed by atoms with Gasteiger partial charge >= 0.3 is 0 Å². The molecular weight excluding hydrogens is 276 g/mol. The van der Waals surface area contributed by atoms with Crippen LogP contribution in [0.15, 0.2) is 30.3 Å². The molecule has 1 aromatic heterocycles. The van der Waals surface area contributed by atoms with Crippen molar-refractivity contribution in [3.8, 4) is 11.4 Å². The summed E-state index contributed by atoms with van der Waals surface area (Å²) in [6.45, 7) is 4.31. The summed E-state index contributed by atoms with van der Waals surface area (Å²) < 4.78 is 6.98. The number of methoxy groups -OCH3 is 1. The lowest BCUT2D eigenvalue weighted by atomic mass is 10.0. The normalized spacial score (nSPS) is 19.3. The van der Waals surface area contributed by atoms with E-state index in [4.69, 9.17) is 10.5 Å². The maximum atomic E-state index is 6.13. The molecule has 0 radical (unpaired) electrons. The number of rotatable bonds is 4. The zero-order valence-electron chi connectivity index (χ0n) is 13.3. The molecule has 5 heteroatoms. The van der Waals surface area contributed by atoms with E-state index in [-0.39, 0.29) is 0 Å². The van der Waals surface area contributed by atoms with E-state index in [1.54, 1.807) is 11.8 Å². The predicted molar refractivity (Wildman–Crippen MR) is 88.3 cm³/mol. The molecule has 0 amide bonds. The van der Waals surface area contributed by atoms with Gasteiger partial charge in [-0.1, -0.05) is 6.42 Å². The molecular formula is C17H24N4O. The molecule has 1 aromatic carbocycles. The minimum absolute atomic E-state index is 0.626. The molecule has 2 aromatic rings. The highest BCUT2D eigenvalue weighted by Gasteiger charge is 2.19. The Hall–Kier alpha value is -2.01. The van der Waals surface area contributed by atoms with E-state index in [0.29, 0.717) is 11.9 Å². The second-order valence-electron chi connectivity index (χ2n) is 5.99. The smallest absolute Gasteiger partial charge is 0.127 e. The largest absolute Gasteiger partial charge is 0.497 e. The summed E-state index contributed by atoms with van der Waals surface area (Å²) in [5, 5.41) is 4.67. The van der Waals surface area contributed by atoms with E-state index in [1.165, 1.54) is 19.3 Å². The molecule has 3 rings (SSSR count). The number of nitrogen functional groups attached to an aromatic ring is 1. The zero-order chi connectivity index (χ0) is 15.5. The van der Waals surface area contributed by atoms with Gasteiger partial charge in [-0.05, 0) is 50.6 Å². The number of hydrogen-bond donors (Lipinski definition) is 1.